The van der Waals surface area contributed by atoms with Crippen molar-refractivity contribution in [2.75, 3.05) is 0 Å². The molecular formula is C15H14ClNO3. The fraction of sp³-hybridized carbons (Fsp3) is 0.200. The standard InChI is InChI=1S/C15H14ClNO3/c1-9(2)20-12-5-10(7-17-8-12)14-6-11(16)3-4-13(14)15(18)19/h3-9H,1-2H3,(H,18,19). The van der Waals surface area contributed by atoms with Crippen molar-refractivity contribution in [3.05, 3.63) is 47.2 Å². The summed E-state index contributed by atoms with van der Waals surface area (Å²) in [5.41, 5.74) is 1.35. The number of carboxylic acid groups (broad SMARTS) is 1. The van der Waals surface area contributed by atoms with Crippen LogP contribution in [-0.4, -0.2) is 22.2 Å². The molecule has 0 amide bonds. The number of aromatic nitrogens is 1. The SMILES string of the molecule is CC(C)Oc1cncc(-c2cc(Cl)ccc2C(=O)O)c1. The van der Waals surface area contributed by atoms with Gasteiger partial charge in [-0.25, -0.2) is 4.79 Å². The van der Waals surface area contributed by atoms with Gasteiger partial charge in [0.2, 0.25) is 0 Å². The van der Waals surface area contributed by atoms with Crippen molar-refractivity contribution in [3.63, 3.8) is 0 Å². The highest BCUT2D eigenvalue weighted by molar-refractivity contribution is 6.31. The van der Waals surface area contributed by atoms with Gasteiger partial charge in [0.15, 0.2) is 0 Å². The molecule has 1 aromatic heterocycles. The smallest absolute Gasteiger partial charge is 0.336 e. The molecule has 0 saturated heterocycles. The van der Waals surface area contributed by atoms with E-state index < -0.39 is 5.97 Å². The molecule has 0 fully saturated rings. The fourth-order valence-electron chi connectivity index (χ4n) is 1.84. The van der Waals surface area contributed by atoms with Gasteiger partial charge in [-0.2, -0.15) is 0 Å². The Hall–Kier alpha value is -2.07. The minimum absolute atomic E-state index is 0.0188. The van der Waals surface area contributed by atoms with Gasteiger partial charge < -0.3 is 9.84 Å². The van der Waals surface area contributed by atoms with Crippen LogP contribution in [0.2, 0.25) is 5.02 Å². The number of hydrogen-bond acceptors (Lipinski definition) is 3. The van der Waals surface area contributed by atoms with Crippen molar-refractivity contribution in [1.29, 1.82) is 0 Å². The lowest BCUT2D eigenvalue weighted by molar-refractivity contribution is 0.0697. The van der Waals surface area contributed by atoms with Gasteiger partial charge in [-0.3, -0.25) is 4.98 Å². The van der Waals surface area contributed by atoms with E-state index >= 15 is 0 Å². The number of pyridine rings is 1. The highest BCUT2D eigenvalue weighted by Crippen LogP contribution is 2.29. The van der Waals surface area contributed by atoms with Crippen LogP contribution >= 0.6 is 11.6 Å². The number of ether oxygens (including phenoxy) is 1. The van der Waals surface area contributed by atoms with E-state index in [0.717, 1.165) is 0 Å². The van der Waals surface area contributed by atoms with Crippen molar-refractivity contribution >= 4 is 17.6 Å². The zero-order chi connectivity index (χ0) is 14.7. The zero-order valence-corrected chi connectivity index (χ0v) is 11.9. The molecule has 2 aromatic rings. The second-order valence-electron chi connectivity index (χ2n) is 4.57. The number of aromatic carboxylic acids is 1. The highest BCUT2D eigenvalue weighted by atomic mass is 35.5. The Kier molecular flexibility index (Phi) is 4.25. The van der Waals surface area contributed by atoms with Crippen LogP contribution < -0.4 is 4.74 Å². The molecule has 0 aliphatic carbocycles. The molecule has 0 unspecified atom stereocenters. The largest absolute Gasteiger partial charge is 0.489 e. The van der Waals surface area contributed by atoms with E-state index in [1.54, 1.807) is 30.6 Å². The Balaban J connectivity index is 2.50. The van der Waals surface area contributed by atoms with Crippen LogP contribution in [0.15, 0.2) is 36.7 Å². The van der Waals surface area contributed by atoms with E-state index in [-0.39, 0.29) is 11.7 Å². The van der Waals surface area contributed by atoms with Crippen LogP contribution in [0, 0.1) is 0 Å². The first-order valence-corrected chi connectivity index (χ1v) is 6.50. The van der Waals surface area contributed by atoms with Gasteiger partial charge in [0.25, 0.3) is 0 Å². The predicted octanol–water partition coefficient (Wildman–Crippen LogP) is 3.89. The lowest BCUT2D eigenvalue weighted by Gasteiger charge is -2.11. The number of benzene rings is 1. The Morgan fingerprint density at radius 1 is 1.30 bits per heavy atom. The summed E-state index contributed by atoms with van der Waals surface area (Å²) >= 11 is 5.95. The zero-order valence-electron chi connectivity index (χ0n) is 11.1. The molecule has 0 saturated carbocycles. The minimum Gasteiger partial charge on any atom is -0.489 e. The molecule has 104 valence electrons. The van der Waals surface area contributed by atoms with Crippen LogP contribution in [0.25, 0.3) is 11.1 Å². The van der Waals surface area contributed by atoms with E-state index in [1.807, 2.05) is 13.8 Å². The summed E-state index contributed by atoms with van der Waals surface area (Å²) in [4.78, 5) is 15.4. The van der Waals surface area contributed by atoms with E-state index in [0.29, 0.717) is 21.9 Å². The van der Waals surface area contributed by atoms with Gasteiger partial charge in [0.1, 0.15) is 5.75 Å². The van der Waals surface area contributed by atoms with Crippen LogP contribution in [0.5, 0.6) is 5.75 Å². The first kappa shape index (κ1) is 14.3. The third-order valence-electron chi connectivity index (χ3n) is 2.61. The number of nitrogens with zero attached hydrogens (tertiary/aromatic N) is 1. The van der Waals surface area contributed by atoms with Gasteiger partial charge >= 0.3 is 5.97 Å². The predicted molar refractivity (Wildman–Crippen MR) is 77.4 cm³/mol. The molecule has 4 nitrogen and oxygen atoms in total. The summed E-state index contributed by atoms with van der Waals surface area (Å²) in [5, 5.41) is 9.71. The number of halogens is 1. The molecule has 0 bridgehead atoms. The quantitative estimate of drug-likeness (QED) is 0.928. The van der Waals surface area contributed by atoms with Gasteiger partial charge in [-0.05, 0) is 43.7 Å². The van der Waals surface area contributed by atoms with Gasteiger partial charge in [-0.1, -0.05) is 11.6 Å². The summed E-state index contributed by atoms with van der Waals surface area (Å²) < 4.78 is 5.56. The highest BCUT2D eigenvalue weighted by Gasteiger charge is 2.13. The lowest BCUT2D eigenvalue weighted by atomic mass is 10.0. The topological polar surface area (TPSA) is 59.4 Å². The van der Waals surface area contributed by atoms with Crippen LogP contribution in [0.1, 0.15) is 24.2 Å². The Labute approximate surface area is 122 Å². The third kappa shape index (κ3) is 3.27. The summed E-state index contributed by atoms with van der Waals surface area (Å²) in [6.07, 6.45) is 3.20. The number of carbonyl (C=O) groups is 1. The second kappa shape index (κ2) is 5.92. The molecule has 1 heterocycles. The van der Waals surface area contributed by atoms with E-state index in [9.17, 15) is 9.90 Å². The maximum atomic E-state index is 11.3. The van der Waals surface area contributed by atoms with Gasteiger partial charge in [-0.15, -0.1) is 0 Å². The van der Waals surface area contributed by atoms with Crippen LogP contribution in [-0.2, 0) is 0 Å². The molecule has 5 heteroatoms. The Morgan fingerprint density at radius 3 is 2.70 bits per heavy atom. The Morgan fingerprint density at radius 2 is 2.05 bits per heavy atom. The second-order valence-corrected chi connectivity index (χ2v) is 5.01. The summed E-state index contributed by atoms with van der Waals surface area (Å²) in [5.74, 6) is -0.416. The molecule has 0 spiro atoms. The molecule has 0 aliphatic heterocycles. The molecule has 1 N–H and O–H groups in total. The summed E-state index contributed by atoms with van der Waals surface area (Å²) in [6.45, 7) is 3.82. The monoisotopic (exact) mass is 291 g/mol. The number of rotatable bonds is 4. The molecule has 20 heavy (non-hydrogen) atoms. The van der Waals surface area contributed by atoms with Crippen molar-refractivity contribution in [3.8, 4) is 16.9 Å². The molecule has 1 aromatic carbocycles. The molecule has 0 aliphatic rings. The third-order valence-corrected chi connectivity index (χ3v) is 2.84. The lowest BCUT2D eigenvalue weighted by Crippen LogP contribution is -2.06. The summed E-state index contributed by atoms with van der Waals surface area (Å²) in [6, 6.07) is 6.40. The van der Waals surface area contributed by atoms with Crippen molar-refractivity contribution < 1.29 is 14.6 Å². The number of carboxylic acids is 1. The van der Waals surface area contributed by atoms with Crippen LogP contribution in [0.4, 0.5) is 0 Å². The molecule has 0 radical (unpaired) electrons. The first-order chi connectivity index (χ1) is 9.47. The average molecular weight is 292 g/mol. The van der Waals surface area contributed by atoms with Crippen molar-refractivity contribution in [2.45, 2.75) is 20.0 Å². The fourth-order valence-corrected chi connectivity index (χ4v) is 2.02. The van der Waals surface area contributed by atoms with E-state index in [4.69, 9.17) is 16.3 Å². The Bertz CT molecular complexity index is 641. The first-order valence-electron chi connectivity index (χ1n) is 6.12. The van der Waals surface area contributed by atoms with E-state index in [2.05, 4.69) is 4.98 Å². The maximum Gasteiger partial charge on any atom is 0.336 e. The van der Waals surface area contributed by atoms with Gasteiger partial charge in [0, 0.05) is 16.8 Å². The molecular weight excluding hydrogens is 278 g/mol. The minimum atomic E-state index is -1.01. The summed E-state index contributed by atoms with van der Waals surface area (Å²) in [7, 11) is 0. The van der Waals surface area contributed by atoms with E-state index in [1.165, 1.54) is 6.07 Å². The van der Waals surface area contributed by atoms with Gasteiger partial charge in [0.05, 0.1) is 17.9 Å². The van der Waals surface area contributed by atoms with Crippen molar-refractivity contribution in [2.24, 2.45) is 0 Å². The normalized spacial score (nSPS) is 10.6. The van der Waals surface area contributed by atoms with Crippen molar-refractivity contribution in [1.82, 2.24) is 4.98 Å². The molecule has 0 atom stereocenters. The molecule has 2 rings (SSSR count). The number of hydrogen-bond donors (Lipinski definition) is 1. The van der Waals surface area contributed by atoms with Crippen LogP contribution in [0.3, 0.4) is 0 Å². The average Bonchev–Trinajstić information content (AvgIpc) is 2.37. The maximum absolute atomic E-state index is 11.3.